The smallest absolute Gasteiger partial charge is 0.387 e. The van der Waals surface area contributed by atoms with Gasteiger partial charge in [0.2, 0.25) is 0 Å². The van der Waals surface area contributed by atoms with E-state index in [9.17, 15) is 17.6 Å². The van der Waals surface area contributed by atoms with E-state index in [0.29, 0.717) is 24.7 Å². The molecule has 2 rings (SSSR count). The molecule has 0 spiro atoms. The molecule has 9 heteroatoms. The molecule has 0 amide bonds. The average Bonchev–Trinajstić information content (AvgIpc) is 2.69. The summed E-state index contributed by atoms with van der Waals surface area (Å²) in [6, 6.07) is 8.85. The largest absolute Gasteiger partial charge is 0.490 e. The molecule has 29 heavy (non-hydrogen) atoms. The summed E-state index contributed by atoms with van der Waals surface area (Å²) in [6.45, 7) is -0.522. The number of ether oxygens (including phenoxy) is 2. The molecule has 0 aliphatic rings. The fraction of sp³-hybridized carbons (Fsp3) is 0.350. The molecule has 0 aromatic heterocycles. The third kappa shape index (κ3) is 6.55. The van der Waals surface area contributed by atoms with Gasteiger partial charge in [0.05, 0.1) is 6.61 Å². The van der Waals surface area contributed by atoms with Crippen molar-refractivity contribution in [2.75, 3.05) is 20.2 Å². The number of hydrogen-bond donors (Lipinski definition) is 2. The molecule has 0 saturated heterocycles. The Balaban J connectivity index is 1.98. The van der Waals surface area contributed by atoms with Crippen molar-refractivity contribution in [3.8, 4) is 11.5 Å². The van der Waals surface area contributed by atoms with Gasteiger partial charge in [-0.3, -0.25) is 4.99 Å². The van der Waals surface area contributed by atoms with Crippen LogP contribution in [-0.4, -0.2) is 32.8 Å². The Hall–Kier alpha value is -2.97. The number of rotatable bonds is 9. The highest BCUT2D eigenvalue weighted by Crippen LogP contribution is 2.32. The van der Waals surface area contributed by atoms with Crippen LogP contribution in [0.25, 0.3) is 0 Å². The van der Waals surface area contributed by atoms with E-state index in [4.69, 9.17) is 4.74 Å². The van der Waals surface area contributed by atoms with Crippen LogP contribution in [0.3, 0.4) is 0 Å². The molecular weight excluding hydrogens is 390 g/mol. The molecule has 0 atom stereocenters. The average molecular weight is 413 g/mol. The summed E-state index contributed by atoms with van der Waals surface area (Å²) in [5.41, 5.74) is 0.695. The minimum Gasteiger partial charge on any atom is -0.490 e. The number of nitrogens with one attached hydrogen (secondary N) is 2. The second-order valence-electron chi connectivity index (χ2n) is 5.87. The first-order chi connectivity index (χ1) is 14.0. The van der Waals surface area contributed by atoms with Gasteiger partial charge in [0.1, 0.15) is 0 Å². The Morgan fingerprint density at radius 1 is 1.07 bits per heavy atom. The van der Waals surface area contributed by atoms with E-state index >= 15 is 0 Å². The molecule has 5 nitrogen and oxygen atoms in total. The van der Waals surface area contributed by atoms with Gasteiger partial charge in [0, 0.05) is 25.7 Å². The van der Waals surface area contributed by atoms with Crippen molar-refractivity contribution in [3.63, 3.8) is 0 Å². The minimum absolute atomic E-state index is 0.0471. The van der Waals surface area contributed by atoms with Crippen LogP contribution >= 0.6 is 0 Å². The minimum atomic E-state index is -2.99. The number of guanidine groups is 1. The van der Waals surface area contributed by atoms with Crippen molar-refractivity contribution in [2.45, 2.75) is 26.5 Å². The Labute approximate surface area is 166 Å². The Bertz CT molecular complexity index is 831. The number of benzene rings is 2. The molecule has 0 saturated carbocycles. The van der Waals surface area contributed by atoms with Crippen molar-refractivity contribution in [3.05, 3.63) is 59.2 Å². The molecule has 2 aromatic carbocycles. The van der Waals surface area contributed by atoms with Crippen LogP contribution in [0.15, 0.2) is 41.4 Å². The van der Waals surface area contributed by atoms with Crippen LogP contribution < -0.4 is 20.1 Å². The van der Waals surface area contributed by atoms with E-state index < -0.39 is 18.2 Å². The van der Waals surface area contributed by atoms with Gasteiger partial charge in [0.15, 0.2) is 29.1 Å². The molecule has 0 aliphatic carbocycles. The van der Waals surface area contributed by atoms with E-state index in [0.717, 1.165) is 6.07 Å². The lowest BCUT2D eigenvalue weighted by Crippen LogP contribution is -2.38. The first-order valence-electron chi connectivity index (χ1n) is 9.03. The number of hydrogen-bond acceptors (Lipinski definition) is 3. The number of nitrogens with zero attached hydrogens (tertiary/aromatic N) is 1. The predicted octanol–water partition coefficient (Wildman–Crippen LogP) is 3.87. The topological polar surface area (TPSA) is 54.9 Å². The van der Waals surface area contributed by atoms with Crippen LogP contribution in [0, 0.1) is 11.6 Å². The summed E-state index contributed by atoms with van der Waals surface area (Å²) in [4.78, 5) is 4.03. The molecule has 0 fully saturated rings. The van der Waals surface area contributed by atoms with E-state index in [1.165, 1.54) is 19.2 Å². The molecule has 2 aromatic rings. The Morgan fingerprint density at radius 2 is 1.79 bits per heavy atom. The predicted molar refractivity (Wildman–Crippen MR) is 103 cm³/mol. The maximum atomic E-state index is 13.7. The van der Waals surface area contributed by atoms with E-state index in [2.05, 4.69) is 20.4 Å². The quantitative estimate of drug-likeness (QED) is 0.372. The zero-order chi connectivity index (χ0) is 21.2. The lowest BCUT2D eigenvalue weighted by molar-refractivity contribution is -0.0520. The van der Waals surface area contributed by atoms with Crippen LogP contribution in [-0.2, 0) is 13.0 Å². The molecule has 0 bridgehead atoms. The summed E-state index contributed by atoms with van der Waals surface area (Å²) in [7, 11) is 1.53. The van der Waals surface area contributed by atoms with Crippen LogP contribution in [0.5, 0.6) is 11.5 Å². The molecule has 0 radical (unpaired) electrons. The van der Waals surface area contributed by atoms with Gasteiger partial charge in [-0.05, 0) is 31.0 Å². The van der Waals surface area contributed by atoms with Crippen molar-refractivity contribution >= 4 is 5.96 Å². The number of alkyl halides is 2. The summed E-state index contributed by atoms with van der Waals surface area (Å²) >= 11 is 0. The maximum Gasteiger partial charge on any atom is 0.387 e. The fourth-order valence-electron chi connectivity index (χ4n) is 2.65. The second-order valence-corrected chi connectivity index (χ2v) is 5.87. The van der Waals surface area contributed by atoms with Crippen LogP contribution in [0.1, 0.15) is 18.1 Å². The zero-order valence-corrected chi connectivity index (χ0v) is 16.1. The van der Waals surface area contributed by atoms with E-state index in [1.807, 2.05) is 0 Å². The van der Waals surface area contributed by atoms with Gasteiger partial charge in [-0.25, -0.2) is 8.78 Å². The highest BCUT2D eigenvalue weighted by atomic mass is 19.3. The van der Waals surface area contributed by atoms with E-state index in [1.54, 1.807) is 25.1 Å². The lowest BCUT2D eigenvalue weighted by Gasteiger charge is -2.17. The highest BCUT2D eigenvalue weighted by molar-refractivity contribution is 5.79. The Morgan fingerprint density at radius 3 is 2.48 bits per heavy atom. The van der Waals surface area contributed by atoms with Crippen LogP contribution in [0.2, 0.25) is 0 Å². The van der Waals surface area contributed by atoms with Crippen molar-refractivity contribution in [1.82, 2.24) is 10.6 Å². The van der Waals surface area contributed by atoms with Gasteiger partial charge in [-0.2, -0.15) is 8.78 Å². The standard InChI is InChI=1S/C20H23F4N3O2/c1-3-28-16-9-5-7-14(18(16)29-19(23)24)12-27-20(25-2)26-11-10-13-6-4-8-15(21)17(13)22/h4-9,19H,3,10-12H2,1-2H3,(H2,25,26,27). The zero-order valence-electron chi connectivity index (χ0n) is 16.1. The van der Waals surface area contributed by atoms with Gasteiger partial charge >= 0.3 is 6.61 Å². The molecule has 0 heterocycles. The number of para-hydroxylation sites is 1. The molecule has 2 N–H and O–H groups in total. The summed E-state index contributed by atoms with van der Waals surface area (Å²) < 4.78 is 62.5. The molecule has 0 aliphatic heterocycles. The molecule has 0 unspecified atom stereocenters. The first kappa shape index (κ1) is 22.3. The molecule has 158 valence electrons. The summed E-state index contributed by atoms with van der Waals surface area (Å²) in [5.74, 6) is -1.23. The van der Waals surface area contributed by atoms with Crippen molar-refractivity contribution < 1.29 is 27.0 Å². The first-order valence-corrected chi connectivity index (χ1v) is 9.03. The second kappa shape index (κ2) is 11.1. The van der Waals surface area contributed by atoms with Gasteiger partial charge < -0.3 is 20.1 Å². The number of halogens is 4. The monoisotopic (exact) mass is 413 g/mol. The van der Waals surface area contributed by atoms with Gasteiger partial charge in [-0.1, -0.05) is 24.3 Å². The fourth-order valence-corrected chi connectivity index (χ4v) is 2.65. The number of aliphatic imine (C=N–C) groups is 1. The van der Waals surface area contributed by atoms with Gasteiger partial charge in [0.25, 0.3) is 0 Å². The summed E-state index contributed by atoms with van der Waals surface area (Å²) in [5, 5.41) is 5.94. The lowest BCUT2D eigenvalue weighted by atomic mass is 10.1. The van der Waals surface area contributed by atoms with Crippen LogP contribution in [0.4, 0.5) is 17.6 Å². The van der Waals surface area contributed by atoms with E-state index in [-0.39, 0.29) is 30.0 Å². The summed E-state index contributed by atoms with van der Waals surface area (Å²) in [6.07, 6.45) is 0.240. The third-order valence-corrected chi connectivity index (χ3v) is 3.96. The molecular formula is C20H23F4N3O2. The highest BCUT2D eigenvalue weighted by Gasteiger charge is 2.16. The van der Waals surface area contributed by atoms with Gasteiger partial charge in [-0.15, -0.1) is 0 Å². The third-order valence-electron chi connectivity index (χ3n) is 3.96. The Kier molecular flexibility index (Phi) is 8.57. The normalized spacial score (nSPS) is 11.5. The SMILES string of the molecule is CCOc1cccc(CNC(=NC)NCCc2cccc(F)c2F)c1OC(F)F. The van der Waals surface area contributed by atoms with Crippen molar-refractivity contribution in [2.24, 2.45) is 4.99 Å². The van der Waals surface area contributed by atoms with Crippen molar-refractivity contribution in [1.29, 1.82) is 0 Å². The maximum absolute atomic E-state index is 13.7.